The van der Waals surface area contributed by atoms with E-state index < -0.39 is 15.8 Å². The van der Waals surface area contributed by atoms with Crippen LogP contribution in [0.2, 0.25) is 0 Å². The molecule has 31 heavy (non-hydrogen) atoms. The number of carbonyl (C=O) groups is 1. The summed E-state index contributed by atoms with van der Waals surface area (Å²) in [6.45, 7) is 0.325. The van der Waals surface area contributed by atoms with Crippen LogP contribution in [0.25, 0.3) is 11.3 Å². The number of halogens is 1. The van der Waals surface area contributed by atoms with Crippen molar-refractivity contribution in [3.63, 3.8) is 0 Å². The van der Waals surface area contributed by atoms with Gasteiger partial charge in [0.1, 0.15) is 5.82 Å². The Labute approximate surface area is 179 Å². The summed E-state index contributed by atoms with van der Waals surface area (Å²) in [6.07, 6.45) is 3.27. The topological polar surface area (TPSA) is 93.4 Å². The van der Waals surface area contributed by atoms with Gasteiger partial charge in [0.2, 0.25) is 15.9 Å². The molecule has 0 bridgehead atoms. The maximum Gasteiger partial charge on any atom is 0.238 e. The summed E-state index contributed by atoms with van der Waals surface area (Å²) in [5.74, 6) is -1.05. The maximum atomic E-state index is 14.5. The van der Waals surface area contributed by atoms with E-state index in [0.717, 1.165) is 28.5 Å². The number of primary sulfonamides is 1. The van der Waals surface area contributed by atoms with Gasteiger partial charge in [-0.3, -0.25) is 9.78 Å². The van der Waals surface area contributed by atoms with Crippen LogP contribution in [-0.2, 0) is 34.1 Å². The molecule has 1 atom stereocenters. The van der Waals surface area contributed by atoms with Crippen LogP contribution in [0.4, 0.5) is 10.1 Å². The van der Waals surface area contributed by atoms with Crippen molar-refractivity contribution >= 4 is 21.6 Å². The fourth-order valence-electron chi connectivity index (χ4n) is 4.53. The van der Waals surface area contributed by atoms with Crippen molar-refractivity contribution in [3.8, 4) is 11.3 Å². The third-order valence-corrected chi connectivity index (χ3v) is 6.96. The standard InChI is InChI=1S/C23H20FN3O3S/c24-20-12-18(31(25,29)30)13-22-19(20)6-8-27(22)23(28)17-9-14-4-5-15(10-16(14)11-17)21-3-1-2-7-26-21/h1-5,7,10,12-13,17H,6,8-9,11H2,(H2,25,29,30). The Hall–Kier alpha value is -3.10. The molecule has 1 aromatic heterocycles. The average Bonchev–Trinajstić information content (AvgIpc) is 3.37. The molecule has 0 fully saturated rings. The van der Waals surface area contributed by atoms with Crippen molar-refractivity contribution in [2.75, 3.05) is 11.4 Å². The van der Waals surface area contributed by atoms with Gasteiger partial charge < -0.3 is 4.90 Å². The Morgan fingerprint density at radius 3 is 2.65 bits per heavy atom. The summed E-state index contributed by atoms with van der Waals surface area (Å²) >= 11 is 0. The number of sulfonamides is 1. The molecular formula is C23H20FN3O3S. The van der Waals surface area contributed by atoms with Gasteiger partial charge in [-0.05, 0) is 60.7 Å². The third-order valence-electron chi connectivity index (χ3n) is 6.07. The molecule has 2 heterocycles. The Kier molecular flexibility index (Phi) is 4.64. The Balaban J connectivity index is 1.42. The highest BCUT2D eigenvalue weighted by Crippen LogP contribution is 2.37. The van der Waals surface area contributed by atoms with Gasteiger partial charge in [0, 0.05) is 29.8 Å². The smallest absolute Gasteiger partial charge is 0.238 e. The molecule has 158 valence electrons. The quantitative estimate of drug-likeness (QED) is 0.682. The summed E-state index contributed by atoms with van der Waals surface area (Å²) in [4.78, 5) is 18.9. The monoisotopic (exact) mass is 437 g/mol. The number of hydrogen-bond donors (Lipinski definition) is 1. The molecule has 8 heteroatoms. The zero-order valence-electron chi connectivity index (χ0n) is 16.6. The summed E-state index contributed by atoms with van der Waals surface area (Å²) < 4.78 is 37.9. The van der Waals surface area contributed by atoms with Crippen LogP contribution in [0.5, 0.6) is 0 Å². The zero-order chi connectivity index (χ0) is 21.8. The van der Waals surface area contributed by atoms with Gasteiger partial charge in [-0.2, -0.15) is 0 Å². The molecule has 0 saturated heterocycles. The third kappa shape index (κ3) is 3.51. The summed E-state index contributed by atoms with van der Waals surface area (Å²) in [5, 5.41) is 5.18. The van der Waals surface area contributed by atoms with Crippen LogP contribution in [0, 0.1) is 11.7 Å². The lowest BCUT2D eigenvalue weighted by Crippen LogP contribution is -2.35. The van der Waals surface area contributed by atoms with E-state index in [4.69, 9.17) is 5.14 Å². The number of nitrogens with zero attached hydrogens (tertiary/aromatic N) is 2. The lowest BCUT2D eigenvalue weighted by molar-refractivity contribution is -0.122. The SMILES string of the molecule is NS(=O)(=O)c1cc(F)c2c(c1)N(C(=O)C1Cc3ccc(-c4ccccn4)cc3C1)CC2. The van der Waals surface area contributed by atoms with Crippen LogP contribution >= 0.6 is 0 Å². The van der Waals surface area contributed by atoms with Crippen LogP contribution < -0.4 is 10.0 Å². The number of aromatic nitrogens is 1. The first-order chi connectivity index (χ1) is 14.8. The van der Waals surface area contributed by atoms with Gasteiger partial charge in [-0.25, -0.2) is 17.9 Å². The number of rotatable bonds is 3. The van der Waals surface area contributed by atoms with Crippen molar-refractivity contribution in [2.24, 2.45) is 11.1 Å². The minimum Gasteiger partial charge on any atom is -0.311 e. The molecular weight excluding hydrogens is 417 g/mol. The molecule has 1 aliphatic carbocycles. The number of benzene rings is 2. The van der Waals surface area contributed by atoms with E-state index in [9.17, 15) is 17.6 Å². The lowest BCUT2D eigenvalue weighted by atomic mass is 10.0. The van der Waals surface area contributed by atoms with Gasteiger partial charge in [-0.15, -0.1) is 0 Å². The highest BCUT2D eigenvalue weighted by Gasteiger charge is 2.36. The van der Waals surface area contributed by atoms with Crippen LogP contribution in [0.1, 0.15) is 16.7 Å². The van der Waals surface area contributed by atoms with Crippen LogP contribution in [0.15, 0.2) is 59.6 Å². The lowest BCUT2D eigenvalue weighted by Gasteiger charge is -2.21. The van der Waals surface area contributed by atoms with Gasteiger partial charge in [0.05, 0.1) is 16.3 Å². The second kappa shape index (κ2) is 7.25. The van der Waals surface area contributed by atoms with E-state index in [0.29, 0.717) is 37.1 Å². The minimum absolute atomic E-state index is 0.125. The number of nitrogens with two attached hydrogens (primary N) is 1. The first-order valence-corrected chi connectivity index (χ1v) is 11.6. The number of amides is 1. The van der Waals surface area contributed by atoms with Crippen molar-refractivity contribution < 1.29 is 17.6 Å². The van der Waals surface area contributed by atoms with E-state index in [1.807, 2.05) is 30.3 Å². The molecule has 5 rings (SSSR count). The molecule has 1 aliphatic heterocycles. The number of hydrogen-bond acceptors (Lipinski definition) is 4. The van der Waals surface area contributed by atoms with Gasteiger partial charge in [0.25, 0.3) is 0 Å². The molecule has 0 spiro atoms. The van der Waals surface area contributed by atoms with Gasteiger partial charge in [0.15, 0.2) is 0 Å². The predicted molar refractivity (Wildman–Crippen MR) is 114 cm³/mol. The zero-order valence-corrected chi connectivity index (χ0v) is 17.4. The van der Waals surface area contributed by atoms with E-state index in [1.54, 1.807) is 6.20 Å². The largest absolute Gasteiger partial charge is 0.311 e. The predicted octanol–water partition coefficient (Wildman–Crippen LogP) is 2.84. The van der Waals surface area contributed by atoms with E-state index >= 15 is 0 Å². The van der Waals surface area contributed by atoms with E-state index in [-0.39, 0.29) is 16.7 Å². The fourth-order valence-corrected chi connectivity index (χ4v) is 5.07. The molecule has 3 aromatic rings. The van der Waals surface area contributed by atoms with Crippen LogP contribution in [-0.4, -0.2) is 25.9 Å². The molecule has 2 aliphatic rings. The summed E-state index contributed by atoms with van der Waals surface area (Å²) in [6, 6.07) is 14.1. The number of pyridine rings is 1. The Morgan fingerprint density at radius 1 is 1.10 bits per heavy atom. The maximum absolute atomic E-state index is 14.5. The number of fused-ring (bicyclic) bond motifs is 2. The molecule has 1 amide bonds. The molecule has 1 unspecified atom stereocenters. The number of anilines is 1. The van der Waals surface area contributed by atoms with Crippen molar-refractivity contribution in [2.45, 2.75) is 24.2 Å². The van der Waals surface area contributed by atoms with Crippen molar-refractivity contribution in [1.82, 2.24) is 4.98 Å². The fraction of sp³-hybridized carbons (Fsp3) is 0.217. The molecule has 2 N–H and O–H groups in total. The molecule has 0 saturated carbocycles. The van der Waals surface area contributed by atoms with Crippen LogP contribution in [0.3, 0.4) is 0 Å². The highest BCUT2D eigenvalue weighted by atomic mass is 32.2. The Morgan fingerprint density at radius 2 is 1.90 bits per heavy atom. The second-order valence-electron chi connectivity index (χ2n) is 7.99. The summed E-state index contributed by atoms with van der Waals surface area (Å²) in [7, 11) is -4.07. The highest BCUT2D eigenvalue weighted by molar-refractivity contribution is 7.89. The molecule has 6 nitrogen and oxygen atoms in total. The molecule has 0 radical (unpaired) electrons. The molecule has 2 aromatic carbocycles. The Bertz CT molecular complexity index is 1310. The van der Waals surface area contributed by atoms with Gasteiger partial charge >= 0.3 is 0 Å². The first kappa shape index (κ1) is 19.8. The average molecular weight is 437 g/mol. The minimum atomic E-state index is -4.07. The van der Waals surface area contributed by atoms with E-state index in [2.05, 4.69) is 11.1 Å². The number of carbonyl (C=O) groups excluding carboxylic acids is 1. The van der Waals surface area contributed by atoms with E-state index in [1.165, 1.54) is 11.0 Å². The van der Waals surface area contributed by atoms with Crippen molar-refractivity contribution in [3.05, 3.63) is 77.2 Å². The normalized spacial score (nSPS) is 17.5. The van der Waals surface area contributed by atoms with Gasteiger partial charge in [-0.1, -0.05) is 18.2 Å². The summed E-state index contributed by atoms with van der Waals surface area (Å²) in [5.41, 5.74) is 4.75. The first-order valence-electron chi connectivity index (χ1n) is 10.0. The van der Waals surface area contributed by atoms with Crippen molar-refractivity contribution in [1.29, 1.82) is 0 Å². The second-order valence-corrected chi connectivity index (χ2v) is 9.55.